The van der Waals surface area contributed by atoms with E-state index in [2.05, 4.69) is 15.4 Å². The molecule has 9 heavy (non-hydrogen) atoms. The molecule has 0 aliphatic carbocycles. The average molecular weight is 123 g/mol. The first-order valence-corrected chi connectivity index (χ1v) is 2.81. The van der Waals surface area contributed by atoms with Gasteiger partial charge < -0.3 is 5.32 Å². The van der Waals surface area contributed by atoms with Crippen LogP contribution in [0.15, 0.2) is 12.5 Å². The van der Waals surface area contributed by atoms with Crippen LogP contribution in [0.3, 0.4) is 0 Å². The lowest BCUT2D eigenvalue weighted by Gasteiger charge is -1.97. The summed E-state index contributed by atoms with van der Waals surface area (Å²) in [5.41, 5.74) is 0. The van der Waals surface area contributed by atoms with Gasteiger partial charge in [0.15, 0.2) is 0 Å². The van der Waals surface area contributed by atoms with E-state index in [0.717, 1.165) is 12.4 Å². The molecule has 0 radical (unpaired) electrons. The second kappa shape index (κ2) is 1.58. The fourth-order valence-electron chi connectivity index (χ4n) is 0.840. The molecule has 1 aliphatic heterocycles. The zero-order chi connectivity index (χ0) is 6.10. The molecular weight excluding hydrogens is 116 g/mol. The van der Waals surface area contributed by atoms with Gasteiger partial charge in [-0.2, -0.15) is 5.10 Å². The van der Waals surface area contributed by atoms with Crippen molar-refractivity contribution >= 4 is 6.20 Å². The van der Waals surface area contributed by atoms with Crippen molar-refractivity contribution in [2.75, 3.05) is 0 Å². The van der Waals surface area contributed by atoms with Crippen molar-refractivity contribution in [2.45, 2.75) is 6.54 Å². The molecule has 0 bridgehead atoms. The number of nitrogens with one attached hydrogen (secondary N) is 2. The van der Waals surface area contributed by atoms with Crippen LogP contribution in [0.5, 0.6) is 0 Å². The first-order chi connectivity index (χ1) is 4.47. The quantitative estimate of drug-likeness (QED) is 0.445. The Balaban J connectivity index is 2.53. The second-order valence-electron chi connectivity index (χ2n) is 1.87. The minimum Gasteiger partial charge on any atom is -0.377 e. The van der Waals surface area contributed by atoms with Gasteiger partial charge in [-0.15, -0.1) is 4.68 Å². The predicted molar refractivity (Wildman–Crippen MR) is 31.0 cm³/mol. The van der Waals surface area contributed by atoms with Gasteiger partial charge in [-0.05, 0) is 4.98 Å². The van der Waals surface area contributed by atoms with Gasteiger partial charge in [-0.3, -0.25) is 0 Å². The highest BCUT2D eigenvalue weighted by Gasteiger charge is 2.12. The van der Waals surface area contributed by atoms with Crippen LogP contribution in [0.1, 0.15) is 5.82 Å². The van der Waals surface area contributed by atoms with E-state index in [1.165, 1.54) is 0 Å². The van der Waals surface area contributed by atoms with E-state index in [4.69, 9.17) is 0 Å². The summed E-state index contributed by atoms with van der Waals surface area (Å²) in [4.78, 5) is 4.05. The third-order valence-corrected chi connectivity index (χ3v) is 1.29. The van der Waals surface area contributed by atoms with Crippen molar-refractivity contribution in [3.63, 3.8) is 0 Å². The molecule has 2 heterocycles. The highest BCUT2D eigenvalue weighted by molar-refractivity contribution is 5.07. The third-order valence-electron chi connectivity index (χ3n) is 1.29. The molecule has 4 heteroatoms. The Bertz CT molecular complexity index is 237. The Kier molecular flexibility index (Phi) is 0.798. The van der Waals surface area contributed by atoms with Crippen LogP contribution in [0.25, 0.3) is 6.20 Å². The molecule has 2 N–H and O–H groups in total. The maximum atomic E-state index is 4.05. The lowest BCUT2D eigenvalue weighted by atomic mass is 10.5. The summed E-state index contributed by atoms with van der Waals surface area (Å²) in [5.74, 6) is 1.01. The number of hydrogen-bond acceptors (Lipinski definition) is 2. The largest absolute Gasteiger partial charge is 0.377 e. The molecule has 0 unspecified atom stereocenters. The lowest BCUT2D eigenvalue weighted by Crippen LogP contribution is -2.38. The maximum Gasteiger partial charge on any atom is 0.342 e. The highest BCUT2D eigenvalue weighted by atomic mass is 15.3. The zero-order valence-electron chi connectivity index (χ0n) is 4.83. The molecule has 0 spiro atoms. The summed E-state index contributed by atoms with van der Waals surface area (Å²) in [5, 5.41) is 5.98. The second-order valence-corrected chi connectivity index (χ2v) is 1.87. The third kappa shape index (κ3) is 0.595. The molecule has 1 aromatic heterocycles. The SMILES string of the molecule is C1=C[n+]2[nH]cnc2CN1. The molecule has 0 saturated heterocycles. The summed E-state index contributed by atoms with van der Waals surface area (Å²) in [6.45, 7) is 0.806. The van der Waals surface area contributed by atoms with Gasteiger partial charge in [-0.25, -0.2) is 0 Å². The summed E-state index contributed by atoms with van der Waals surface area (Å²) in [6.07, 6.45) is 5.45. The van der Waals surface area contributed by atoms with Crippen LogP contribution in [0.2, 0.25) is 0 Å². The van der Waals surface area contributed by atoms with Crippen molar-refractivity contribution in [2.24, 2.45) is 0 Å². The minimum atomic E-state index is 0.806. The molecule has 0 saturated carbocycles. The number of rotatable bonds is 0. The van der Waals surface area contributed by atoms with Crippen molar-refractivity contribution in [1.29, 1.82) is 0 Å². The van der Waals surface area contributed by atoms with Gasteiger partial charge in [0.1, 0.15) is 12.7 Å². The van der Waals surface area contributed by atoms with Gasteiger partial charge >= 0.3 is 5.82 Å². The summed E-state index contributed by atoms with van der Waals surface area (Å²) in [7, 11) is 0. The van der Waals surface area contributed by atoms with Crippen LogP contribution in [-0.2, 0) is 6.54 Å². The van der Waals surface area contributed by atoms with Crippen molar-refractivity contribution in [3.05, 3.63) is 18.4 Å². The zero-order valence-corrected chi connectivity index (χ0v) is 4.83. The fraction of sp³-hybridized carbons (Fsp3) is 0.200. The van der Waals surface area contributed by atoms with Crippen LogP contribution in [0.4, 0.5) is 0 Å². The molecule has 2 rings (SSSR count). The number of aromatic amines is 1. The first-order valence-electron chi connectivity index (χ1n) is 2.81. The van der Waals surface area contributed by atoms with Gasteiger partial charge in [0.05, 0.1) is 0 Å². The van der Waals surface area contributed by atoms with E-state index in [9.17, 15) is 0 Å². The van der Waals surface area contributed by atoms with Gasteiger partial charge in [0.2, 0.25) is 6.33 Å². The molecule has 1 aliphatic rings. The number of H-pyrrole nitrogens is 1. The summed E-state index contributed by atoms with van der Waals surface area (Å²) >= 11 is 0. The average Bonchev–Trinajstić information content (AvgIpc) is 2.33. The van der Waals surface area contributed by atoms with Crippen LogP contribution < -0.4 is 10.00 Å². The predicted octanol–water partition coefficient (Wildman–Crippen LogP) is -0.771. The van der Waals surface area contributed by atoms with Crippen LogP contribution >= 0.6 is 0 Å². The van der Waals surface area contributed by atoms with E-state index >= 15 is 0 Å². The summed E-state index contributed by atoms with van der Waals surface area (Å²) < 4.78 is 1.87. The van der Waals surface area contributed by atoms with Gasteiger partial charge in [0.25, 0.3) is 0 Å². The monoisotopic (exact) mass is 123 g/mol. The standard InChI is InChI=1S/C5H6N4/c1-2-9-5(3-6-1)7-4-8-9/h1-2,4,6H,3H2/p+1. The summed E-state index contributed by atoms with van der Waals surface area (Å²) in [6, 6.07) is 0. The molecule has 1 aromatic rings. The van der Waals surface area contributed by atoms with E-state index in [1.807, 2.05) is 17.1 Å². The Hall–Kier alpha value is -1.32. The van der Waals surface area contributed by atoms with Crippen molar-refractivity contribution in [1.82, 2.24) is 15.4 Å². The van der Waals surface area contributed by atoms with Crippen molar-refractivity contribution < 1.29 is 4.68 Å². The Labute approximate surface area is 52.2 Å². The molecule has 0 fully saturated rings. The van der Waals surface area contributed by atoms with E-state index in [1.54, 1.807) is 6.33 Å². The smallest absolute Gasteiger partial charge is 0.342 e. The molecule has 4 nitrogen and oxygen atoms in total. The fourth-order valence-corrected chi connectivity index (χ4v) is 0.840. The Morgan fingerprint density at radius 2 is 2.67 bits per heavy atom. The topological polar surface area (TPSA) is 44.6 Å². The Morgan fingerprint density at radius 3 is 3.56 bits per heavy atom. The molecular formula is C5H7N4+. The normalized spacial score (nSPS) is 14.7. The van der Waals surface area contributed by atoms with E-state index in [-0.39, 0.29) is 0 Å². The highest BCUT2D eigenvalue weighted by Crippen LogP contribution is 1.87. The molecule has 0 atom stereocenters. The van der Waals surface area contributed by atoms with Gasteiger partial charge in [0, 0.05) is 6.20 Å². The molecule has 0 amide bonds. The Morgan fingerprint density at radius 1 is 1.67 bits per heavy atom. The van der Waals surface area contributed by atoms with Gasteiger partial charge in [-0.1, -0.05) is 0 Å². The first kappa shape index (κ1) is 4.55. The van der Waals surface area contributed by atoms with Crippen molar-refractivity contribution in [3.8, 4) is 0 Å². The molecule has 0 aromatic carbocycles. The number of fused-ring (bicyclic) bond motifs is 1. The minimum absolute atomic E-state index is 0.806. The number of hydrogen-bond donors (Lipinski definition) is 2. The molecule has 46 valence electrons. The van der Waals surface area contributed by atoms with Crippen LogP contribution in [-0.4, -0.2) is 10.1 Å². The maximum absolute atomic E-state index is 4.05. The van der Waals surface area contributed by atoms with Crippen LogP contribution in [0, 0.1) is 0 Å². The lowest BCUT2D eigenvalue weighted by molar-refractivity contribution is -0.641. The van der Waals surface area contributed by atoms with E-state index in [0.29, 0.717) is 0 Å². The van der Waals surface area contributed by atoms with E-state index < -0.39 is 0 Å². The number of aromatic nitrogens is 3. The number of nitrogens with zero attached hydrogens (tertiary/aromatic N) is 2.